The first-order valence-electron chi connectivity index (χ1n) is 3.47. The van der Waals surface area contributed by atoms with Crippen molar-refractivity contribution in [2.24, 2.45) is 0 Å². The number of hydroxylamine groups is 1. The molecule has 0 bridgehead atoms. The van der Waals surface area contributed by atoms with Crippen LogP contribution >= 0.6 is 0 Å². The van der Waals surface area contributed by atoms with E-state index >= 15 is 0 Å². The molecule has 0 fully saturated rings. The van der Waals surface area contributed by atoms with Crippen LogP contribution in [-0.2, 0) is 4.84 Å². The summed E-state index contributed by atoms with van der Waals surface area (Å²) in [5, 5.41) is 0. The van der Waals surface area contributed by atoms with Gasteiger partial charge in [-0.25, -0.2) is 5.48 Å². The van der Waals surface area contributed by atoms with E-state index in [2.05, 4.69) is 12.4 Å². The number of nitrogens with one attached hydrogen (secondary N) is 1. The van der Waals surface area contributed by atoms with Gasteiger partial charge in [0.1, 0.15) is 0 Å². The second kappa shape index (κ2) is 3.85. The lowest BCUT2D eigenvalue weighted by molar-refractivity contribution is -0.0720. The molecule has 1 N–H and O–H groups in total. The minimum atomic E-state index is -0.0603. The van der Waals surface area contributed by atoms with Crippen LogP contribution < -0.4 is 5.48 Å². The van der Waals surface area contributed by atoms with Crippen LogP contribution in [0.25, 0.3) is 0 Å². The Labute approximate surface area is 57.5 Å². The molecule has 0 aliphatic rings. The van der Waals surface area contributed by atoms with Gasteiger partial charge in [0.25, 0.3) is 0 Å². The average molecular weight is 131 g/mol. The average Bonchev–Trinajstić information content (AvgIpc) is 1.63. The standard InChI is InChI=1S/C7H17NO/c1-5-6-8-9-7(2,3)4/h8H,5-6H2,1-4H3. The number of hydrogen-bond donors (Lipinski definition) is 1. The molecule has 0 rings (SSSR count). The molecule has 2 nitrogen and oxygen atoms in total. The topological polar surface area (TPSA) is 21.3 Å². The monoisotopic (exact) mass is 131 g/mol. The van der Waals surface area contributed by atoms with Crippen molar-refractivity contribution in [3.05, 3.63) is 0 Å². The van der Waals surface area contributed by atoms with Crippen molar-refractivity contribution in [2.75, 3.05) is 6.54 Å². The molecular weight excluding hydrogens is 114 g/mol. The first-order valence-corrected chi connectivity index (χ1v) is 3.47. The summed E-state index contributed by atoms with van der Waals surface area (Å²) in [5.74, 6) is 0. The largest absolute Gasteiger partial charge is 0.296 e. The minimum absolute atomic E-state index is 0.0603. The Balaban J connectivity index is 3.07. The van der Waals surface area contributed by atoms with Crippen LogP contribution in [0, 0.1) is 0 Å². The quantitative estimate of drug-likeness (QED) is 0.465. The Morgan fingerprint density at radius 3 is 2.22 bits per heavy atom. The predicted octanol–water partition coefficient (Wildman–Crippen LogP) is 1.72. The molecule has 2 heteroatoms. The van der Waals surface area contributed by atoms with E-state index in [4.69, 9.17) is 4.84 Å². The van der Waals surface area contributed by atoms with Crippen LogP contribution in [0.15, 0.2) is 0 Å². The maximum atomic E-state index is 5.22. The SMILES string of the molecule is CCCNOC(C)(C)C. The third kappa shape index (κ3) is 7.92. The zero-order valence-electron chi connectivity index (χ0n) is 6.82. The van der Waals surface area contributed by atoms with E-state index in [1.54, 1.807) is 0 Å². The predicted molar refractivity (Wildman–Crippen MR) is 39.1 cm³/mol. The molecular formula is C7H17NO. The van der Waals surface area contributed by atoms with Crippen molar-refractivity contribution in [1.82, 2.24) is 5.48 Å². The highest BCUT2D eigenvalue weighted by Gasteiger charge is 2.08. The maximum Gasteiger partial charge on any atom is 0.0812 e. The molecule has 0 saturated heterocycles. The van der Waals surface area contributed by atoms with Crippen molar-refractivity contribution in [3.8, 4) is 0 Å². The van der Waals surface area contributed by atoms with Crippen LogP contribution in [0.1, 0.15) is 34.1 Å². The van der Waals surface area contributed by atoms with Gasteiger partial charge in [-0.3, -0.25) is 4.84 Å². The summed E-state index contributed by atoms with van der Waals surface area (Å²) in [5.41, 5.74) is 2.81. The van der Waals surface area contributed by atoms with Crippen molar-refractivity contribution in [1.29, 1.82) is 0 Å². The van der Waals surface area contributed by atoms with E-state index in [9.17, 15) is 0 Å². The molecule has 0 aromatic rings. The van der Waals surface area contributed by atoms with E-state index < -0.39 is 0 Å². The zero-order chi connectivity index (χ0) is 7.33. The molecule has 0 aliphatic carbocycles. The van der Waals surface area contributed by atoms with Gasteiger partial charge in [0.15, 0.2) is 0 Å². The fourth-order valence-electron chi connectivity index (χ4n) is 0.370. The molecule has 56 valence electrons. The first-order chi connectivity index (χ1) is 4.06. The van der Waals surface area contributed by atoms with Crippen LogP contribution in [0.3, 0.4) is 0 Å². The molecule has 9 heavy (non-hydrogen) atoms. The third-order valence-corrected chi connectivity index (χ3v) is 0.730. The Kier molecular flexibility index (Phi) is 3.82. The summed E-state index contributed by atoms with van der Waals surface area (Å²) in [4.78, 5) is 5.22. The van der Waals surface area contributed by atoms with Crippen LogP contribution in [0.5, 0.6) is 0 Å². The van der Waals surface area contributed by atoms with Gasteiger partial charge in [-0.05, 0) is 27.2 Å². The van der Waals surface area contributed by atoms with Gasteiger partial charge in [0.05, 0.1) is 5.60 Å². The molecule has 0 spiro atoms. The van der Waals surface area contributed by atoms with Gasteiger partial charge in [0, 0.05) is 6.54 Å². The lowest BCUT2D eigenvalue weighted by atomic mass is 10.2. The summed E-state index contributed by atoms with van der Waals surface area (Å²) < 4.78 is 0. The number of rotatable bonds is 3. The molecule has 0 radical (unpaired) electrons. The second-order valence-corrected chi connectivity index (χ2v) is 3.11. The highest BCUT2D eigenvalue weighted by atomic mass is 16.7. The van der Waals surface area contributed by atoms with E-state index in [1.807, 2.05) is 20.8 Å². The lowest BCUT2D eigenvalue weighted by Gasteiger charge is -2.18. The van der Waals surface area contributed by atoms with Gasteiger partial charge in [-0.1, -0.05) is 6.92 Å². The van der Waals surface area contributed by atoms with E-state index in [0.717, 1.165) is 13.0 Å². The Bertz CT molecular complexity index is 65.8. The van der Waals surface area contributed by atoms with Crippen LogP contribution in [0.4, 0.5) is 0 Å². The summed E-state index contributed by atoms with van der Waals surface area (Å²) in [6.45, 7) is 9.11. The van der Waals surface area contributed by atoms with Gasteiger partial charge in [-0.2, -0.15) is 0 Å². The van der Waals surface area contributed by atoms with Gasteiger partial charge in [0.2, 0.25) is 0 Å². The van der Waals surface area contributed by atoms with Crippen molar-refractivity contribution < 1.29 is 4.84 Å². The number of hydrogen-bond acceptors (Lipinski definition) is 2. The summed E-state index contributed by atoms with van der Waals surface area (Å²) in [7, 11) is 0. The van der Waals surface area contributed by atoms with E-state index in [0.29, 0.717) is 0 Å². The molecule has 0 amide bonds. The van der Waals surface area contributed by atoms with Crippen LogP contribution in [-0.4, -0.2) is 12.1 Å². The molecule has 0 aromatic carbocycles. The zero-order valence-corrected chi connectivity index (χ0v) is 6.82. The van der Waals surface area contributed by atoms with Gasteiger partial charge >= 0.3 is 0 Å². The Morgan fingerprint density at radius 1 is 1.33 bits per heavy atom. The molecule has 0 atom stereocenters. The molecule has 0 heterocycles. The first kappa shape index (κ1) is 8.92. The second-order valence-electron chi connectivity index (χ2n) is 3.11. The molecule has 0 aliphatic heterocycles. The lowest BCUT2D eigenvalue weighted by Crippen LogP contribution is -2.29. The van der Waals surface area contributed by atoms with Crippen molar-refractivity contribution >= 4 is 0 Å². The molecule has 0 saturated carbocycles. The molecule has 0 aromatic heterocycles. The van der Waals surface area contributed by atoms with Crippen molar-refractivity contribution in [2.45, 2.75) is 39.7 Å². The van der Waals surface area contributed by atoms with Crippen molar-refractivity contribution in [3.63, 3.8) is 0 Å². The Morgan fingerprint density at radius 2 is 1.89 bits per heavy atom. The van der Waals surface area contributed by atoms with E-state index in [-0.39, 0.29) is 5.60 Å². The fourth-order valence-corrected chi connectivity index (χ4v) is 0.370. The van der Waals surface area contributed by atoms with E-state index in [1.165, 1.54) is 0 Å². The van der Waals surface area contributed by atoms with Gasteiger partial charge < -0.3 is 0 Å². The summed E-state index contributed by atoms with van der Waals surface area (Å²) >= 11 is 0. The maximum absolute atomic E-state index is 5.22. The highest BCUT2D eigenvalue weighted by Crippen LogP contribution is 2.02. The molecule has 0 unspecified atom stereocenters. The van der Waals surface area contributed by atoms with Gasteiger partial charge in [-0.15, -0.1) is 0 Å². The Hall–Kier alpha value is -0.0800. The minimum Gasteiger partial charge on any atom is -0.296 e. The normalized spacial score (nSPS) is 12.0. The summed E-state index contributed by atoms with van der Waals surface area (Å²) in [6, 6.07) is 0. The third-order valence-electron chi connectivity index (χ3n) is 0.730. The fraction of sp³-hybridized carbons (Fsp3) is 1.00. The van der Waals surface area contributed by atoms with Crippen LogP contribution in [0.2, 0.25) is 0 Å². The summed E-state index contributed by atoms with van der Waals surface area (Å²) in [6.07, 6.45) is 1.11. The smallest absolute Gasteiger partial charge is 0.0812 e. The highest BCUT2D eigenvalue weighted by molar-refractivity contribution is 4.55.